The molecule has 1 amide bonds. The molecule has 0 saturated carbocycles. The van der Waals surface area contributed by atoms with E-state index in [1.165, 1.54) is 0 Å². The lowest BCUT2D eigenvalue weighted by molar-refractivity contribution is -0.115. The second-order valence-electron chi connectivity index (χ2n) is 5.52. The molecule has 6 heteroatoms. The average Bonchev–Trinajstić information content (AvgIpc) is 2.60. The zero-order chi connectivity index (χ0) is 17.8. The fraction of sp³-hybridized carbons (Fsp3) is 0.158. The molecule has 0 atom stereocenters. The van der Waals surface area contributed by atoms with Gasteiger partial charge in [0.1, 0.15) is 5.58 Å². The number of carbonyl (C=O) groups is 1. The number of fused-ring (bicyclic) bond motifs is 1. The topological polar surface area (TPSA) is 71.3 Å². The Morgan fingerprint density at radius 1 is 1.08 bits per heavy atom. The van der Waals surface area contributed by atoms with Gasteiger partial charge < -0.3 is 15.1 Å². The molecule has 0 radical (unpaired) electrons. The summed E-state index contributed by atoms with van der Waals surface area (Å²) >= 11 is 5.85. The highest BCUT2D eigenvalue weighted by atomic mass is 35.5. The molecule has 0 spiro atoms. The summed E-state index contributed by atoms with van der Waals surface area (Å²) in [5, 5.41) is 7.17. The van der Waals surface area contributed by atoms with Gasteiger partial charge in [0.15, 0.2) is 5.69 Å². The van der Waals surface area contributed by atoms with Gasteiger partial charge in [-0.2, -0.15) is 0 Å². The molecule has 25 heavy (non-hydrogen) atoms. The zero-order valence-electron chi connectivity index (χ0n) is 13.6. The summed E-state index contributed by atoms with van der Waals surface area (Å²) in [4.78, 5) is 24.7. The van der Waals surface area contributed by atoms with Crippen molar-refractivity contribution in [2.45, 2.75) is 13.3 Å². The van der Waals surface area contributed by atoms with Gasteiger partial charge in [0.25, 0.3) is 0 Å². The van der Waals surface area contributed by atoms with Crippen LogP contribution in [0.4, 0.5) is 11.4 Å². The Labute approximate surface area is 149 Å². The Bertz CT molecular complexity index is 965. The Kier molecular flexibility index (Phi) is 5.05. The number of nitrogens with one attached hydrogen (secondary N) is 2. The third-order valence-electron chi connectivity index (χ3n) is 3.71. The van der Waals surface area contributed by atoms with Crippen LogP contribution in [0.15, 0.2) is 57.7 Å². The number of anilines is 2. The molecule has 3 aromatic rings. The van der Waals surface area contributed by atoms with Crippen molar-refractivity contribution in [3.8, 4) is 0 Å². The predicted octanol–water partition coefficient (Wildman–Crippen LogP) is 4.06. The van der Waals surface area contributed by atoms with Gasteiger partial charge in [0.05, 0.1) is 12.1 Å². The van der Waals surface area contributed by atoms with Crippen LogP contribution in [0, 0.1) is 0 Å². The van der Waals surface area contributed by atoms with Crippen LogP contribution in [0.1, 0.15) is 12.5 Å². The standard InChI is InChI=1S/C19H17ClN2O3/c1-2-21-17-14-5-3-4-6-15(14)25-19(24)18(17)22-16(23)11-12-7-9-13(20)10-8-12/h3-10,21H,2,11H2,1H3,(H,22,23). The largest absolute Gasteiger partial charge is 0.421 e. The maximum absolute atomic E-state index is 12.4. The molecule has 0 saturated heterocycles. The number of para-hydroxylation sites is 1. The first-order valence-electron chi connectivity index (χ1n) is 7.92. The van der Waals surface area contributed by atoms with E-state index in [-0.39, 0.29) is 18.0 Å². The van der Waals surface area contributed by atoms with E-state index < -0.39 is 5.63 Å². The van der Waals surface area contributed by atoms with Gasteiger partial charge in [-0.25, -0.2) is 4.79 Å². The van der Waals surface area contributed by atoms with Gasteiger partial charge in [-0.1, -0.05) is 35.9 Å². The van der Waals surface area contributed by atoms with Crippen LogP contribution in [0.25, 0.3) is 11.0 Å². The van der Waals surface area contributed by atoms with Gasteiger partial charge in [0, 0.05) is 17.0 Å². The maximum atomic E-state index is 12.4. The molecule has 0 aliphatic heterocycles. The molecule has 2 aromatic carbocycles. The second kappa shape index (κ2) is 7.40. The minimum Gasteiger partial charge on any atom is -0.421 e. The molecule has 5 nitrogen and oxygen atoms in total. The highest BCUT2D eigenvalue weighted by Gasteiger charge is 2.16. The molecule has 0 aliphatic carbocycles. The van der Waals surface area contributed by atoms with E-state index in [4.69, 9.17) is 16.0 Å². The van der Waals surface area contributed by atoms with Crippen molar-refractivity contribution in [1.29, 1.82) is 0 Å². The van der Waals surface area contributed by atoms with Crippen LogP contribution in [0.2, 0.25) is 5.02 Å². The van der Waals surface area contributed by atoms with E-state index in [9.17, 15) is 9.59 Å². The van der Waals surface area contributed by atoms with Gasteiger partial charge >= 0.3 is 5.63 Å². The maximum Gasteiger partial charge on any atom is 0.362 e. The summed E-state index contributed by atoms with van der Waals surface area (Å²) in [6.45, 7) is 2.52. The van der Waals surface area contributed by atoms with Crippen molar-refractivity contribution in [1.82, 2.24) is 0 Å². The van der Waals surface area contributed by atoms with Gasteiger partial charge in [-0.05, 0) is 36.8 Å². The summed E-state index contributed by atoms with van der Waals surface area (Å²) in [5.74, 6) is -0.302. The molecule has 0 bridgehead atoms. The molecule has 0 unspecified atom stereocenters. The average molecular weight is 357 g/mol. The molecule has 1 heterocycles. The van der Waals surface area contributed by atoms with E-state index >= 15 is 0 Å². The highest BCUT2D eigenvalue weighted by Crippen LogP contribution is 2.28. The SMILES string of the molecule is CCNc1c(NC(=O)Cc2ccc(Cl)cc2)c(=O)oc2ccccc12. The first-order chi connectivity index (χ1) is 12.1. The van der Waals surface area contributed by atoms with Crippen LogP contribution in [0.3, 0.4) is 0 Å². The number of hydrogen-bond donors (Lipinski definition) is 2. The van der Waals surface area contributed by atoms with Crippen LogP contribution in [0.5, 0.6) is 0 Å². The Morgan fingerprint density at radius 3 is 2.52 bits per heavy atom. The Morgan fingerprint density at radius 2 is 1.80 bits per heavy atom. The number of halogens is 1. The van der Waals surface area contributed by atoms with Crippen molar-refractivity contribution in [3.63, 3.8) is 0 Å². The van der Waals surface area contributed by atoms with Crippen LogP contribution in [-0.4, -0.2) is 12.5 Å². The molecule has 0 aliphatic rings. The van der Waals surface area contributed by atoms with Crippen molar-refractivity contribution in [2.75, 3.05) is 17.2 Å². The molecule has 0 fully saturated rings. The van der Waals surface area contributed by atoms with Crippen molar-refractivity contribution in [2.24, 2.45) is 0 Å². The lowest BCUT2D eigenvalue weighted by Gasteiger charge is -2.13. The molecule has 1 aromatic heterocycles. The first-order valence-corrected chi connectivity index (χ1v) is 8.30. The molecular formula is C19H17ClN2O3. The smallest absolute Gasteiger partial charge is 0.362 e. The van der Waals surface area contributed by atoms with Crippen molar-refractivity contribution in [3.05, 3.63) is 69.5 Å². The summed E-state index contributed by atoms with van der Waals surface area (Å²) in [5.41, 5.74) is 1.38. The summed E-state index contributed by atoms with van der Waals surface area (Å²) in [7, 11) is 0. The minimum atomic E-state index is -0.584. The van der Waals surface area contributed by atoms with Gasteiger partial charge in [-0.3, -0.25) is 4.79 Å². The lowest BCUT2D eigenvalue weighted by Crippen LogP contribution is -2.21. The number of carbonyl (C=O) groups excluding carboxylic acids is 1. The third kappa shape index (κ3) is 3.83. The summed E-state index contributed by atoms with van der Waals surface area (Å²) in [6, 6.07) is 14.2. The summed E-state index contributed by atoms with van der Waals surface area (Å²) < 4.78 is 5.32. The zero-order valence-corrected chi connectivity index (χ0v) is 14.4. The molecule has 128 valence electrons. The monoisotopic (exact) mass is 356 g/mol. The van der Waals surface area contributed by atoms with Crippen molar-refractivity contribution < 1.29 is 9.21 Å². The van der Waals surface area contributed by atoms with Crippen molar-refractivity contribution >= 4 is 39.9 Å². The Hall–Kier alpha value is -2.79. The van der Waals surface area contributed by atoms with E-state index in [2.05, 4.69) is 10.6 Å². The third-order valence-corrected chi connectivity index (χ3v) is 3.96. The van der Waals surface area contributed by atoms with Crippen LogP contribution >= 0.6 is 11.6 Å². The van der Waals surface area contributed by atoms with E-state index in [1.54, 1.807) is 36.4 Å². The summed E-state index contributed by atoms with van der Waals surface area (Å²) in [6.07, 6.45) is 0.134. The fourth-order valence-electron chi connectivity index (χ4n) is 2.59. The number of hydrogen-bond acceptors (Lipinski definition) is 4. The quantitative estimate of drug-likeness (QED) is 0.676. The minimum absolute atomic E-state index is 0.125. The molecule has 2 N–H and O–H groups in total. The van der Waals surface area contributed by atoms with Gasteiger partial charge in [0.2, 0.25) is 5.91 Å². The first kappa shape index (κ1) is 17.0. The number of rotatable bonds is 5. The molecular weight excluding hydrogens is 340 g/mol. The van der Waals surface area contributed by atoms with E-state index in [0.717, 1.165) is 10.9 Å². The molecule has 3 rings (SSSR count). The van der Waals surface area contributed by atoms with Crippen LogP contribution in [-0.2, 0) is 11.2 Å². The van der Waals surface area contributed by atoms with Crippen LogP contribution < -0.4 is 16.3 Å². The Balaban J connectivity index is 1.93. The fourth-order valence-corrected chi connectivity index (χ4v) is 2.72. The van der Waals surface area contributed by atoms with E-state index in [0.29, 0.717) is 22.8 Å². The normalized spacial score (nSPS) is 10.6. The highest BCUT2D eigenvalue weighted by molar-refractivity contribution is 6.30. The second-order valence-corrected chi connectivity index (χ2v) is 5.95. The predicted molar refractivity (Wildman–Crippen MR) is 100 cm³/mol. The van der Waals surface area contributed by atoms with E-state index in [1.807, 2.05) is 19.1 Å². The number of amides is 1. The lowest BCUT2D eigenvalue weighted by atomic mass is 10.1. The number of benzene rings is 2. The van der Waals surface area contributed by atoms with Gasteiger partial charge in [-0.15, -0.1) is 0 Å².